The van der Waals surface area contributed by atoms with Gasteiger partial charge in [0.05, 0.1) is 31.0 Å². The quantitative estimate of drug-likeness (QED) is 0.902. The Kier molecular flexibility index (Phi) is 4.16. The summed E-state index contributed by atoms with van der Waals surface area (Å²) in [6, 6.07) is 8.60. The number of pyridine rings is 1. The van der Waals surface area contributed by atoms with Crippen molar-refractivity contribution in [2.45, 2.75) is 18.6 Å². The lowest BCUT2D eigenvalue weighted by atomic mass is 10.0. The Morgan fingerprint density at radius 1 is 1.35 bits per heavy atom. The summed E-state index contributed by atoms with van der Waals surface area (Å²) in [4.78, 5) is 18.2. The average Bonchev–Trinajstić information content (AvgIpc) is 2.96. The summed E-state index contributed by atoms with van der Waals surface area (Å²) < 4.78 is 5.23. The van der Waals surface area contributed by atoms with E-state index in [2.05, 4.69) is 4.98 Å². The van der Waals surface area contributed by atoms with Crippen molar-refractivity contribution in [2.75, 3.05) is 13.7 Å². The zero-order valence-corrected chi connectivity index (χ0v) is 12.7. The van der Waals surface area contributed by atoms with Gasteiger partial charge < -0.3 is 19.8 Å². The highest BCUT2D eigenvalue weighted by molar-refractivity contribution is 5.94. The third-order valence-electron chi connectivity index (χ3n) is 3.99. The number of benzene rings is 1. The van der Waals surface area contributed by atoms with E-state index >= 15 is 0 Å². The summed E-state index contributed by atoms with van der Waals surface area (Å²) in [6.07, 6.45) is 2.57. The number of β-amino-alcohol motifs (C(OH)–C–C–N with tert-alkyl or cyclic N) is 1. The monoisotopic (exact) mass is 314 g/mol. The van der Waals surface area contributed by atoms with E-state index in [1.165, 1.54) is 18.5 Å². The Morgan fingerprint density at radius 2 is 2.17 bits per heavy atom. The average molecular weight is 314 g/mol. The van der Waals surface area contributed by atoms with Crippen LogP contribution in [0.25, 0.3) is 0 Å². The molecule has 6 nitrogen and oxygen atoms in total. The molecule has 0 spiro atoms. The number of aromatic hydroxyl groups is 1. The zero-order chi connectivity index (χ0) is 16.4. The lowest BCUT2D eigenvalue weighted by Gasteiger charge is -2.25. The van der Waals surface area contributed by atoms with Crippen LogP contribution in [0.3, 0.4) is 0 Å². The topological polar surface area (TPSA) is 82.9 Å². The molecule has 120 valence electrons. The van der Waals surface area contributed by atoms with E-state index in [0.717, 1.165) is 5.56 Å². The second-order valence-electron chi connectivity index (χ2n) is 5.57. The van der Waals surface area contributed by atoms with Crippen LogP contribution < -0.4 is 4.74 Å². The molecule has 2 N–H and O–H groups in total. The molecule has 1 aromatic carbocycles. The molecule has 1 aliphatic heterocycles. The van der Waals surface area contributed by atoms with Gasteiger partial charge in [-0.25, -0.2) is 0 Å². The molecule has 1 amide bonds. The van der Waals surface area contributed by atoms with Gasteiger partial charge in [0.25, 0.3) is 5.91 Å². The maximum absolute atomic E-state index is 12.7. The molecule has 2 heterocycles. The smallest absolute Gasteiger partial charge is 0.256 e. The van der Waals surface area contributed by atoms with Gasteiger partial charge in [-0.15, -0.1) is 0 Å². The van der Waals surface area contributed by atoms with Crippen molar-refractivity contribution in [3.63, 3.8) is 0 Å². The highest BCUT2D eigenvalue weighted by Crippen LogP contribution is 2.34. The number of aliphatic hydroxyl groups is 1. The number of hydrogen-bond acceptors (Lipinski definition) is 5. The number of aliphatic hydroxyl groups excluding tert-OH is 1. The van der Waals surface area contributed by atoms with E-state index < -0.39 is 6.10 Å². The van der Waals surface area contributed by atoms with Gasteiger partial charge in [-0.1, -0.05) is 12.1 Å². The van der Waals surface area contributed by atoms with E-state index in [9.17, 15) is 15.0 Å². The Morgan fingerprint density at radius 3 is 2.91 bits per heavy atom. The van der Waals surface area contributed by atoms with Crippen molar-refractivity contribution in [2.24, 2.45) is 0 Å². The van der Waals surface area contributed by atoms with E-state index in [1.54, 1.807) is 12.0 Å². The second-order valence-corrected chi connectivity index (χ2v) is 5.57. The van der Waals surface area contributed by atoms with Gasteiger partial charge in [0.1, 0.15) is 11.5 Å². The number of carbonyl (C=O) groups excluding carboxylic acids is 1. The fourth-order valence-corrected chi connectivity index (χ4v) is 2.91. The molecule has 0 radical (unpaired) electrons. The predicted molar refractivity (Wildman–Crippen MR) is 83.3 cm³/mol. The molecular formula is C17H18N2O4. The highest BCUT2D eigenvalue weighted by Gasteiger charge is 2.36. The molecule has 0 bridgehead atoms. The normalized spacial score (nSPS) is 20.5. The Hall–Kier alpha value is -2.60. The summed E-state index contributed by atoms with van der Waals surface area (Å²) in [5.41, 5.74) is 1.20. The number of hydrogen-bond donors (Lipinski definition) is 2. The van der Waals surface area contributed by atoms with Gasteiger partial charge in [0.15, 0.2) is 0 Å². The number of rotatable bonds is 3. The first-order chi connectivity index (χ1) is 11.1. The SMILES string of the molecule is COc1cccc([C@H]2C[C@@H](O)CN2C(=O)c2cncc(O)c2)c1. The van der Waals surface area contributed by atoms with Crippen LogP contribution in [0.15, 0.2) is 42.7 Å². The zero-order valence-electron chi connectivity index (χ0n) is 12.7. The van der Waals surface area contributed by atoms with Crippen LogP contribution in [0.4, 0.5) is 0 Å². The number of carbonyl (C=O) groups is 1. The molecule has 3 rings (SSSR count). The largest absolute Gasteiger partial charge is 0.506 e. The van der Waals surface area contributed by atoms with Crippen LogP contribution in [-0.2, 0) is 0 Å². The summed E-state index contributed by atoms with van der Waals surface area (Å²) in [7, 11) is 1.59. The molecule has 0 unspecified atom stereocenters. The van der Waals surface area contributed by atoms with E-state index in [-0.39, 0.29) is 24.2 Å². The van der Waals surface area contributed by atoms with Crippen LogP contribution in [0.5, 0.6) is 11.5 Å². The molecular weight excluding hydrogens is 296 g/mol. The molecule has 0 saturated carbocycles. The first-order valence-electron chi connectivity index (χ1n) is 7.35. The summed E-state index contributed by atoms with van der Waals surface area (Å²) >= 11 is 0. The molecule has 1 aromatic heterocycles. The lowest BCUT2D eigenvalue weighted by Crippen LogP contribution is -2.31. The summed E-state index contributed by atoms with van der Waals surface area (Å²) in [5.74, 6) is 0.376. The first kappa shape index (κ1) is 15.3. The van der Waals surface area contributed by atoms with Crippen molar-refractivity contribution in [3.05, 3.63) is 53.9 Å². The fraction of sp³-hybridized carbons (Fsp3) is 0.294. The Labute approximate surface area is 134 Å². The van der Waals surface area contributed by atoms with Crippen molar-refractivity contribution in [1.29, 1.82) is 0 Å². The second kappa shape index (κ2) is 6.26. The third kappa shape index (κ3) is 3.12. The molecule has 0 aliphatic carbocycles. The minimum Gasteiger partial charge on any atom is -0.506 e. The maximum Gasteiger partial charge on any atom is 0.256 e. The van der Waals surface area contributed by atoms with E-state index in [4.69, 9.17) is 4.74 Å². The third-order valence-corrected chi connectivity index (χ3v) is 3.99. The fourth-order valence-electron chi connectivity index (χ4n) is 2.91. The maximum atomic E-state index is 12.7. The number of ether oxygens (including phenoxy) is 1. The number of likely N-dealkylation sites (tertiary alicyclic amines) is 1. The van der Waals surface area contributed by atoms with Crippen LogP contribution in [0.2, 0.25) is 0 Å². The molecule has 6 heteroatoms. The number of amides is 1. The Balaban J connectivity index is 1.91. The number of methoxy groups -OCH3 is 1. The van der Waals surface area contributed by atoms with E-state index in [0.29, 0.717) is 17.7 Å². The van der Waals surface area contributed by atoms with Gasteiger partial charge in [-0.2, -0.15) is 0 Å². The first-order valence-corrected chi connectivity index (χ1v) is 7.35. The molecule has 2 atom stereocenters. The van der Waals surface area contributed by atoms with Gasteiger partial charge in [0.2, 0.25) is 0 Å². The van der Waals surface area contributed by atoms with Crippen LogP contribution in [0, 0.1) is 0 Å². The van der Waals surface area contributed by atoms with Crippen molar-refractivity contribution in [3.8, 4) is 11.5 Å². The van der Waals surface area contributed by atoms with Gasteiger partial charge in [-0.3, -0.25) is 9.78 Å². The standard InChI is InChI=1S/C17H18N2O4/c1-23-15-4-2-3-11(6-15)16-7-14(21)10-19(16)17(22)12-5-13(20)9-18-8-12/h2-6,8-9,14,16,20-21H,7,10H2,1H3/t14-,16-/m1/s1. The van der Waals surface area contributed by atoms with Crippen molar-refractivity contribution >= 4 is 5.91 Å². The van der Waals surface area contributed by atoms with Gasteiger partial charge in [-0.05, 0) is 30.2 Å². The van der Waals surface area contributed by atoms with Crippen LogP contribution >= 0.6 is 0 Å². The van der Waals surface area contributed by atoms with Crippen LogP contribution in [0.1, 0.15) is 28.4 Å². The molecule has 2 aromatic rings. The predicted octanol–water partition coefficient (Wildman–Crippen LogP) is 1.74. The summed E-state index contributed by atoms with van der Waals surface area (Å²) in [5, 5.41) is 19.5. The van der Waals surface area contributed by atoms with Crippen molar-refractivity contribution in [1.82, 2.24) is 9.88 Å². The molecule has 1 fully saturated rings. The van der Waals surface area contributed by atoms with Crippen molar-refractivity contribution < 1.29 is 19.7 Å². The van der Waals surface area contributed by atoms with Gasteiger partial charge >= 0.3 is 0 Å². The number of aromatic nitrogens is 1. The summed E-state index contributed by atoms with van der Waals surface area (Å²) in [6.45, 7) is 0.246. The van der Waals surface area contributed by atoms with Gasteiger partial charge in [0, 0.05) is 12.7 Å². The lowest BCUT2D eigenvalue weighted by molar-refractivity contribution is 0.0715. The van der Waals surface area contributed by atoms with E-state index in [1.807, 2.05) is 24.3 Å². The minimum atomic E-state index is -0.583. The Bertz CT molecular complexity index is 719. The minimum absolute atomic E-state index is 0.0616. The molecule has 23 heavy (non-hydrogen) atoms. The highest BCUT2D eigenvalue weighted by atomic mass is 16.5. The molecule has 1 aliphatic rings. The van der Waals surface area contributed by atoms with Crippen LogP contribution in [-0.4, -0.2) is 45.8 Å². The number of nitrogens with zero attached hydrogens (tertiary/aromatic N) is 2. The molecule has 1 saturated heterocycles.